The van der Waals surface area contributed by atoms with Crippen LogP contribution in [-0.4, -0.2) is 86.1 Å². The second-order valence-corrected chi connectivity index (χ2v) is 9.48. The number of thioether (sulfide) groups is 1. The van der Waals surface area contributed by atoms with Crippen molar-refractivity contribution in [2.24, 2.45) is 0 Å². The van der Waals surface area contributed by atoms with Crippen molar-refractivity contribution in [2.45, 2.75) is 49.1 Å². The maximum absolute atomic E-state index is 11.1. The van der Waals surface area contributed by atoms with Gasteiger partial charge in [0.2, 0.25) is 0 Å². The van der Waals surface area contributed by atoms with Crippen LogP contribution in [0.15, 0.2) is 11.2 Å². The molecule has 154 valence electrons. The van der Waals surface area contributed by atoms with Gasteiger partial charge in [0, 0.05) is 27.7 Å². The van der Waals surface area contributed by atoms with Crippen LogP contribution in [0.1, 0.15) is 19.3 Å². The zero-order chi connectivity index (χ0) is 19.9. The maximum atomic E-state index is 11.1. The van der Waals surface area contributed by atoms with E-state index in [1.807, 2.05) is 0 Å². The predicted molar refractivity (Wildman–Crippen MR) is 94.9 cm³/mol. The molecule has 1 fully saturated rings. The molecule has 5 N–H and O–H groups in total. The molecule has 10 nitrogen and oxygen atoms in total. The Kier molecular flexibility index (Phi) is 9.99. The van der Waals surface area contributed by atoms with Crippen LogP contribution >= 0.6 is 11.8 Å². The lowest BCUT2D eigenvalue weighted by atomic mass is 10.0. The van der Waals surface area contributed by atoms with E-state index in [2.05, 4.69) is 4.18 Å². The fraction of sp³-hybridized carbons (Fsp3) is 0.846. The molecule has 0 aliphatic carbocycles. The van der Waals surface area contributed by atoms with Crippen LogP contribution < -0.4 is 0 Å². The Morgan fingerprint density at radius 1 is 1.23 bits per heavy atom. The van der Waals surface area contributed by atoms with Crippen molar-refractivity contribution in [3.05, 3.63) is 11.2 Å². The van der Waals surface area contributed by atoms with E-state index < -0.39 is 57.7 Å². The van der Waals surface area contributed by atoms with E-state index in [-0.39, 0.29) is 11.3 Å². The summed E-state index contributed by atoms with van der Waals surface area (Å²) in [5, 5.41) is 38.8. The van der Waals surface area contributed by atoms with Gasteiger partial charge in [-0.1, -0.05) is 11.8 Å². The molecule has 1 aliphatic rings. The van der Waals surface area contributed by atoms with Gasteiger partial charge in [-0.05, 0) is 19.3 Å². The molecule has 0 aromatic heterocycles. The number of aliphatic hydroxyl groups is 4. The third-order valence-corrected chi connectivity index (χ3v) is 5.95. The SMILES string of the molecule is CS(=O)CCCC/C(=C\OS(=O)(=O)O)S[C@@H]1O[C@H](CO)[C@@H](O)[C@H](O)[C@H]1O. The van der Waals surface area contributed by atoms with Crippen molar-refractivity contribution in [3.63, 3.8) is 0 Å². The van der Waals surface area contributed by atoms with Crippen molar-refractivity contribution >= 4 is 33.0 Å². The molecule has 6 atom stereocenters. The molecule has 26 heavy (non-hydrogen) atoms. The second-order valence-electron chi connectivity index (χ2n) is 5.66. The Morgan fingerprint density at radius 2 is 1.88 bits per heavy atom. The first kappa shape index (κ1) is 23.8. The molecule has 1 rings (SSSR count). The second kappa shape index (κ2) is 10.9. The first-order valence-electron chi connectivity index (χ1n) is 7.67. The van der Waals surface area contributed by atoms with Gasteiger partial charge in [-0.15, -0.1) is 0 Å². The minimum atomic E-state index is -4.72. The predicted octanol–water partition coefficient (Wildman–Crippen LogP) is -1.27. The highest BCUT2D eigenvalue weighted by molar-refractivity contribution is 8.03. The van der Waals surface area contributed by atoms with Crippen LogP contribution in [0.5, 0.6) is 0 Å². The molecule has 1 unspecified atom stereocenters. The van der Waals surface area contributed by atoms with Crippen LogP contribution in [0.4, 0.5) is 0 Å². The molecule has 0 amide bonds. The standard InChI is InChI=1S/C13H24O10S3/c1-25(18)5-3-2-4-8(7-22-26(19,20)21)24-13-12(17)11(16)10(15)9(6-14)23-13/h7,9-17H,2-6H2,1H3,(H,19,20,21)/b8-7+/t9-,10-,11+,12-,13+,25?/m1/s1. The van der Waals surface area contributed by atoms with Gasteiger partial charge < -0.3 is 29.3 Å². The van der Waals surface area contributed by atoms with E-state index in [1.165, 1.54) is 0 Å². The van der Waals surface area contributed by atoms with Crippen LogP contribution in [0.25, 0.3) is 0 Å². The summed E-state index contributed by atoms with van der Waals surface area (Å²) < 4.78 is 50.8. The van der Waals surface area contributed by atoms with Crippen LogP contribution in [0.3, 0.4) is 0 Å². The largest absolute Gasteiger partial charge is 0.445 e. The zero-order valence-electron chi connectivity index (χ0n) is 14.0. The highest BCUT2D eigenvalue weighted by atomic mass is 32.3. The van der Waals surface area contributed by atoms with Gasteiger partial charge in [0.05, 0.1) is 6.61 Å². The van der Waals surface area contributed by atoms with E-state index in [4.69, 9.17) is 9.29 Å². The molecule has 1 aliphatic heterocycles. The fourth-order valence-electron chi connectivity index (χ4n) is 2.18. The van der Waals surface area contributed by atoms with Crippen molar-refractivity contribution in [1.29, 1.82) is 0 Å². The quantitative estimate of drug-likeness (QED) is 0.157. The summed E-state index contributed by atoms with van der Waals surface area (Å²) >= 11 is 0.828. The number of aliphatic hydroxyl groups excluding tert-OH is 4. The molecule has 0 spiro atoms. The first-order chi connectivity index (χ1) is 12.0. The lowest BCUT2D eigenvalue weighted by Crippen LogP contribution is -2.57. The van der Waals surface area contributed by atoms with Gasteiger partial charge in [-0.3, -0.25) is 8.76 Å². The molecule has 13 heteroatoms. The number of hydrogen-bond acceptors (Lipinski definition) is 10. The molecule has 0 aromatic carbocycles. The summed E-state index contributed by atoms with van der Waals surface area (Å²) in [5.41, 5.74) is -1.11. The normalized spacial score (nSPS) is 31.6. The topological polar surface area (TPSA) is 171 Å². The minimum Gasteiger partial charge on any atom is -0.394 e. The van der Waals surface area contributed by atoms with Gasteiger partial charge in [0.15, 0.2) is 0 Å². The molecule has 0 saturated carbocycles. The number of allylic oxidation sites excluding steroid dienone is 1. The lowest BCUT2D eigenvalue weighted by Gasteiger charge is -2.39. The van der Waals surface area contributed by atoms with Crippen LogP contribution in [-0.2, 0) is 30.1 Å². The number of rotatable bonds is 10. The number of unbranched alkanes of at least 4 members (excludes halogenated alkanes) is 1. The van der Waals surface area contributed by atoms with E-state index in [0.717, 1.165) is 18.0 Å². The van der Waals surface area contributed by atoms with Gasteiger partial charge >= 0.3 is 10.4 Å². The van der Waals surface area contributed by atoms with Crippen LogP contribution in [0, 0.1) is 0 Å². The van der Waals surface area contributed by atoms with Gasteiger partial charge in [-0.2, -0.15) is 8.42 Å². The molecular weight excluding hydrogens is 412 g/mol. The summed E-state index contributed by atoms with van der Waals surface area (Å²) in [5.74, 6) is 0.456. The molecule has 1 saturated heterocycles. The van der Waals surface area contributed by atoms with Gasteiger partial charge in [0.1, 0.15) is 36.1 Å². The number of hydrogen-bond donors (Lipinski definition) is 5. The fourth-order valence-corrected chi connectivity index (χ4v) is 4.25. The number of ether oxygens (including phenoxy) is 1. The summed E-state index contributed by atoms with van der Waals surface area (Å²) in [6.45, 7) is -0.592. The van der Waals surface area contributed by atoms with Crippen molar-refractivity contribution < 1.29 is 46.5 Å². The smallest absolute Gasteiger partial charge is 0.394 e. The van der Waals surface area contributed by atoms with E-state index in [0.29, 0.717) is 18.6 Å². The van der Waals surface area contributed by atoms with Gasteiger partial charge in [0.25, 0.3) is 0 Å². The average molecular weight is 437 g/mol. The average Bonchev–Trinajstić information content (AvgIpc) is 2.55. The van der Waals surface area contributed by atoms with E-state index in [1.54, 1.807) is 6.26 Å². The van der Waals surface area contributed by atoms with Gasteiger partial charge in [-0.25, -0.2) is 0 Å². The molecule has 0 bridgehead atoms. The minimum absolute atomic E-state index is 0.270. The van der Waals surface area contributed by atoms with Crippen molar-refractivity contribution in [3.8, 4) is 0 Å². The van der Waals surface area contributed by atoms with E-state index >= 15 is 0 Å². The Morgan fingerprint density at radius 3 is 2.42 bits per heavy atom. The summed E-state index contributed by atoms with van der Waals surface area (Å²) in [6, 6.07) is 0. The summed E-state index contributed by atoms with van der Waals surface area (Å²) in [6.07, 6.45) is -1.96. The molecule has 0 radical (unpaired) electrons. The summed E-state index contributed by atoms with van der Waals surface area (Å²) in [4.78, 5) is 0.272. The highest BCUT2D eigenvalue weighted by Crippen LogP contribution is 2.35. The Labute approximate surface area is 158 Å². The van der Waals surface area contributed by atoms with Crippen molar-refractivity contribution in [1.82, 2.24) is 0 Å². The zero-order valence-corrected chi connectivity index (χ0v) is 16.5. The Bertz CT molecular complexity index is 591. The molecular formula is C13H24O10S3. The van der Waals surface area contributed by atoms with Crippen molar-refractivity contribution in [2.75, 3.05) is 18.6 Å². The Balaban J connectivity index is 2.80. The Hall–Kier alpha value is -0.250. The van der Waals surface area contributed by atoms with Crippen LogP contribution in [0.2, 0.25) is 0 Å². The third-order valence-electron chi connectivity index (χ3n) is 3.52. The first-order valence-corrected chi connectivity index (χ1v) is 11.6. The summed E-state index contributed by atoms with van der Waals surface area (Å²) in [7, 11) is -5.70. The lowest BCUT2D eigenvalue weighted by molar-refractivity contribution is -0.205. The molecule has 0 aromatic rings. The molecule has 1 heterocycles. The van der Waals surface area contributed by atoms with E-state index in [9.17, 15) is 33.1 Å². The third kappa shape index (κ3) is 8.19. The highest BCUT2D eigenvalue weighted by Gasteiger charge is 2.44. The monoisotopic (exact) mass is 436 g/mol. The maximum Gasteiger partial charge on any atom is 0.445 e.